The van der Waals surface area contributed by atoms with Crippen molar-refractivity contribution in [1.29, 1.82) is 0 Å². The van der Waals surface area contributed by atoms with E-state index in [1.165, 1.54) is 48.5 Å². The standard InChI is InChI=1S/C26H22Cl2F4N2O3/c1-2-3-11-34(25(36)23-19(28)5-4-6-20(23)29)21-10-8-15(13-22(21)37-14-26(30,31)32)17-12-16(24(33)35)7-9-18(17)27/h4-10,12-13H,2-3,11,14H2,1H3,(H2,33,35). The topological polar surface area (TPSA) is 72.6 Å². The van der Waals surface area contributed by atoms with Gasteiger partial charge < -0.3 is 15.4 Å². The molecular weight excluding hydrogens is 535 g/mol. The molecule has 0 bridgehead atoms. The summed E-state index contributed by atoms with van der Waals surface area (Å²) in [7, 11) is 0. The molecule has 0 radical (unpaired) electrons. The minimum atomic E-state index is -4.68. The molecule has 0 aliphatic heterocycles. The van der Waals surface area contributed by atoms with Gasteiger partial charge in [0.15, 0.2) is 6.61 Å². The number of ether oxygens (including phenoxy) is 1. The van der Waals surface area contributed by atoms with Crippen molar-refractivity contribution in [2.24, 2.45) is 5.73 Å². The molecule has 3 aromatic carbocycles. The lowest BCUT2D eigenvalue weighted by Gasteiger charge is -2.26. The van der Waals surface area contributed by atoms with Crippen LogP contribution < -0.4 is 15.4 Å². The third-order valence-electron chi connectivity index (χ3n) is 5.36. The summed E-state index contributed by atoms with van der Waals surface area (Å²) in [6.45, 7) is 0.269. The number of carbonyl (C=O) groups excluding carboxylic acids is 2. The van der Waals surface area contributed by atoms with Gasteiger partial charge in [-0.25, -0.2) is 4.39 Å². The Balaban J connectivity index is 2.17. The Morgan fingerprint density at radius 2 is 1.76 bits per heavy atom. The van der Waals surface area contributed by atoms with E-state index in [0.29, 0.717) is 24.0 Å². The van der Waals surface area contributed by atoms with Crippen molar-refractivity contribution in [2.75, 3.05) is 18.1 Å². The average molecular weight is 557 g/mol. The molecule has 3 aromatic rings. The van der Waals surface area contributed by atoms with E-state index >= 15 is 0 Å². The first-order valence-corrected chi connectivity index (χ1v) is 11.9. The van der Waals surface area contributed by atoms with Gasteiger partial charge in [0, 0.05) is 22.7 Å². The Bertz CT molecular complexity index is 1300. The largest absolute Gasteiger partial charge is 0.482 e. The maximum atomic E-state index is 14.6. The van der Waals surface area contributed by atoms with Gasteiger partial charge in [0.05, 0.1) is 16.3 Å². The molecule has 0 aliphatic rings. The zero-order valence-electron chi connectivity index (χ0n) is 19.5. The number of unbranched alkanes of at least 4 members (excludes halogenated alkanes) is 1. The fraction of sp³-hybridized carbons (Fsp3) is 0.231. The number of rotatable bonds is 9. The molecule has 196 valence electrons. The third-order valence-corrected chi connectivity index (χ3v) is 6.01. The maximum absolute atomic E-state index is 14.6. The van der Waals surface area contributed by atoms with Crippen molar-refractivity contribution in [3.63, 3.8) is 0 Å². The van der Waals surface area contributed by atoms with Gasteiger partial charge in [-0.15, -0.1) is 0 Å². The highest BCUT2D eigenvalue weighted by atomic mass is 35.5. The van der Waals surface area contributed by atoms with Crippen molar-refractivity contribution in [2.45, 2.75) is 25.9 Å². The van der Waals surface area contributed by atoms with Crippen LogP contribution in [-0.2, 0) is 0 Å². The normalized spacial score (nSPS) is 11.3. The smallest absolute Gasteiger partial charge is 0.422 e. The van der Waals surface area contributed by atoms with Gasteiger partial charge in [-0.3, -0.25) is 9.59 Å². The molecule has 0 heterocycles. The van der Waals surface area contributed by atoms with Crippen LogP contribution in [0.5, 0.6) is 5.75 Å². The first kappa shape index (κ1) is 28.3. The molecule has 0 saturated heterocycles. The number of carbonyl (C=O) groups is 2. The van der Waals surface area contributed by atoms with Crippen molar-refractivity contribution < 1.29 is 31.9 Å². The van der Waals surface area contributed by atoms with Crippen molar-refractivity contribution in [1.82, 2.24) is 0 Å². The van der Waals surface area contributed by atoms with E-state index in [2.05, 4.69) is 0 Å². The van der Waals surface area contributed by atoms with Gasteiger partial charge >= 0.3 is 6.18 Å². The van der Waals surface area contributed by atoms with Crippen LogP contribution in [0.15, 0.2) is 54.6 Å². The fourth-order valence-electron chi connectivity index (χ4n) is 3.56. The van der Waals surface area contributed by atoms with Crippen LogP contribution in [-0.4, -0.2) is 31.1 Å². The number of nitrogens with zero attached hydrogens (tertiary/aromatic N) is 1. The number of nitrogens with two attached hydrogens (primary N) is 1. The summed E-state index contributed by atoms with van der Waals surface area (Å²) in [5, 5.41) is 0.0625. The molecule has 5 nitrogen and oxygen atoms in total. The Morgan fingerprint density at radius 3 is 2.38 bits per heavy atom. The van der Waals surface area contributed by atoms with Crippen LogP contribution in [0.1, 0.15) is 40.5 Å². The number of hydrogen-bond acceptors (Lipinski definition) is 3. The molecule has 2 amide bonds. The molecule has 3 rings (SSSR count). The highest BCUT2D eigenvalue weighted by Gasteiger charge is 2.31. The van der Waals surface area contributed by atoms with Crippen molar-refractivity contribution in [3.05, 3.63) is 81.6 Å². The lowest BCUT2D eigenvalue weighted by atomic mass is 10.0. The lowest BCUT2D eigenvalue weighted by Crippen LogP contribution is -2.33. The third kappa shape index (κ3) is 6.93. The molecule has 11 heteroatoms. The zero-order valence-corrected chi connectivity index (χ0v) is 21.1. The van der Waals surface area contributed by atoms with E-state index in [4.69, 9.17) is 33.7 Å². The fourth-order valence-corrected chi connectivity index (χ4v) is 4.03. The number of hydrogen-bond donors (Lipinski definition) is 1. The van der Waals surface area contributed by atoms with Gasteiger partial charge in [0.2, 0.25) is 5.91 Å². The van der Waals surface area contributed by atoms with Gasteiger partial charge in [-0.05, 0) is 54.4 Å². The number of benzene rings is 3. The second kappa shape index (κ2) is 11.8. The predicted molar refractivity (Wildman–Crippen MR) is 135 cm³/mol. The summed E-state index contributed by atoms with van der Waals surface area (Å²) < 4.78 is 59.0. The number of amides is 2. The van der Waals surface area contributed by atoms with E-state index in [-0.39, 0.29) is 33.6 Å². The lowest BCUT2D eigenvalue weighted by molar-refractivity contribution is -0.153. The molecule has 0 atom stereocenters. The van der Waals surface area contributed by atoms with Gasteiger partial charge in [-0.1, -0.05) is 48.7 Å². The molecule has 0 spiro atoms. The quantitative estimate of drug-likeness (QED) is 0.281. The van der Waals surface area contributed by atoms with Gasteiger partial charge in [0.25, 0.3) is 5.91 Å². The van der Waals surface area contributed by atoms with E-state index in [0.717, 1.165) is 11.0 Å². The second-order valence-electron chi connectivity index (χ2n) is 8.05. The number of anilines is 1. The van der Waals surface area contributed by atoms with Gasteiger partial charge in [-0.2, -0.15) is 13.2 Å². The molecule has 0 saturated carbocycles. The molecule has 2 N–H and O–H groups in total. The molecule has 0 unspecified atom stereocenters. The SMILES string of the molecule is CCCCN(C(=O)c1c(F)cccc1Cl)c1ccc(-c2cc(C(N)=O)ccc2Cl)cc1OCC(F)(F)F. The number of alkyl halides is 3. The van der Waals surface area contributed by atoms with E-state index in [9.17, 15) is 27.2 Å². The predicted octanol–water partition coefficient (Wildman–Crippen LogP) is 7.29. The van der Waals surface area contributed by atoms with Gasteiger partial charge in [0.1, 0.15) is 11.6 Å². The van der Waals surface area contributed by atoms with Crippen LogP contribution in [0.2, 0.25) is 10.0 Å². The minimum absolute atomic E-state index is 0.0204. The Morgan fingerprint density at radius 1 is 1.03 bits per heavy atom. The second-order valence-corrected chi connectivity index (χ2v) is 8.87. The maximum Gasteiger partial charge on any atom is 0.422 e. The van der Waals surface area contributed by atoms with E-state index in [1.807, 2.05) is 6.92 Å². The summed E-state index contributed by atoms with van der Waals surface area (Å²) in [6.07, 6.45) is -3.57. The zero-order chi connectivity index (χ0) is 27.3. The number of halogens is 6. The molecular formula is C26H22Cl2F4N2O3. The van der Waals surface area contributed by atoms with Crippen LogP contribution in [0.3, 0.4) is 0 Å². The summed E-state index contributed by atoms with van der Waals surface area (Å²) in [5.41, 5.74) is 5.66. The summed E-state index contributed by atoms with van der Waals surface area (Å²) in [4.78, 5) is 26.2. The molecule has 37 heavy (non-hydrogen) atoms. The molecule has 0 aromatic heterocycles. The van der Waals surface area contributed by atoms with Crippen LogP contribution in [0.25, 0.3) is 11.1 Å². The Kier molecular flexibility index (Phi) is 9.04. The Labute approximate surface area is 220 Å². The first-order valence-electron chi connectivity index (χ1n) is 11.1. The van der Waals surface area contributed by atoms with Crippen molar-refractivity contribution >= 4 is 40.7 Å². The van der Waals surface area contributed by atoms with E-state index in [1.54, 1.807) is 0 Å². The first-order chi connectivity index (χ1) is 17.4. The van der Waals surface area contributed by atoms with E-state index < -0.39 is 36.0 Å². The summed E-state index contributed by atoms with van der Waals surface area (Å²) in [5.74, 6) is -2.73. The van der Waals surface area contributed by atoms with Crippen LogP contribution in [0, 0.1) is 5.82 Å². The number of primary amides is 1. The average Bonchev–Trinajstić information content (AvgIpc) is 2.83. The minimum Gasteiger partial charge on any atom is -0.482 e. The van der Waals surface area contributed by atoms with Crippen LogP contribution in [0.4, 0.5) is 23.2 Å². The Hall–Kier alpha value is -3.30. The van der Waals surface area contributed by atoms with Crippen molar-refractivity contribution in [3.8, 4) is 16.9 Å². The monoisotopic (exact) mass is 556 g/mol. The highest BCUT2D eigenvalue weighted by Crippen LogP contribution is 2.38. The summed E-state index contributed by atoms with van der Waals surface area (Å²) >= 11 is 12.4. The molecule has 0 fully saturated rings. The molecule has 0 aliphatic carbocycles. The highest BCUT2D eigenvalue weighted by molar-refractivity contribution is 6.34. The van der Waals surface area contributed by atoms with Crippen LogP contribution >= 0.6 is 23.2 Å². The summed E-state index contributed by atoms with van der Waals surface area (Å²) in [6, 6.07) is 12.1.